The molecule has 0 amide bonds. The first-order valence-corrected chi connectivity index (χ1v) is 5.20. The number of benzene rings is 1. The molecule has 3 heteroatoms. The zero-order valence-electron chi connectivity index (χ0n) is 9.62. The Bertz CT molecular complexity index is 310. The third-order valence-corrected chi connectivity index (χ3v) is 2.12. The summed E-state index contributed by atoms with van der Waals surface area (Å²) in [5, 5.41) is 0. The first kappa shape index (κ1) is 11.9. The molecule has 0 fully saturated rings. The highest BCUT2D eigenvalue weighted by molar-refractivity contribution is 5.53. The predicted octanol–water partition coefficient (Wildman–Crippen LogP) is 2.38. The summed E-state index contributed by atoms with van der Waals surface area (Å²) >= 11 is 0. The molecular weight excluding hydrogens is 190 g/mol. The number of hydrogen-bond donors (Lipinski definition) is 1. The normalized spacial score (nSPS) is 10.7. The number of anilines is 1. The minimum Gasteiger partial charge on any atom is -0.491 e. The average Bonchev–Trinajstić information content (AvgIpc) is 2.18. The van der Waals surface area contributed by atoms with Crippen molar-refractivity contribution in [1.82, 2.24) is 0 Å². The summed E-state index contributed by atoms with van der Waals surface area (Å²) < 4.78 is 10.9. The maximum Gasteiger partial charge on any atom is 0.124 e. The van der Waals surface area contributed by atoms with Crippen molar-refractivity contribution in [2.75, 3.05) is 18.9 Å². The summed E-state index contributed by atoms with van der Waals surface area (Å²) in [5.41, 5.74) is 7.51. The first-order valence-electron chi connectivity index (χ1n) is 5.20. The van der Waals surface area contributed by atoms with Crippen molar-refractivity contribution >= 4 is 5.69 Å². The Hall–Kier alpha value is -1.22. The van der Waals surface area contributed by atoms with Gasteiger partial charge in [0, 0.05) is 11.3 Å². The molecule has 0 aliphatic rings. The van der Waals surface area contributed by atoms with E-state index in [2.05, 4.69) is 0 Å². The van der Waals surface area contributed by atoms with E-state index in [0.717, 1.165) is 17.0 Å². The van der Waals surface area contributed by atoms with Gasteiger partial charge in [-0.25, -0.2) is 0 Å². The SMILES string of the molecule is Cc1c(N)cccc1OCCOC(C)C. The molecule has 0 spiro atoms. The van der Waals surface area contributed by atoms with Crippen LogP contribution >= 0.6 is 0 Å². The van der Waals surface area contributed by atoms with Crippen LogP contribution in [0.15, 0.2) is 18.2 Å². The molecule has 84 valence electrons. The lowest BCUT2D eigenvalue weighted by molar-refractivity contribution is 0.0551. The van der Waals surface area contributed by atoms with Gasteiger partial charge in [-0.2, -0.15) is 0 Å². The molecule has 0 aliphatic carbocycles. The number of rotatable bonds is 5. The van der Waals surface area contributed by atoms with E-state index in [1.807, 2.05) is 39.0 Å². The zero-order chi connectivity index (χ0) is 11.3. The molecule has 0 bridgehead atoms. The van der Waals surface area contributed by atoms with Crippen molar-refractivity contribution in [2.24, 2.45) is 0 Å². The topological polar surface area (TPSA) is 44.5 Å². The molecule has 0 unspecified atom stereocenters. The van der Waals surface area contributed by atoms with Crippen LogP contribution in [0.4, 0.5) is 5.69 Å². The van der Waals surface area contributed by atoms with Gasteiger partial charge in [-0.3, -0.25) is 0 Å². The van der Waals surface area contributed by atoms with Crippen LogP contribution in [-0.4, -0.2) is 19.3 Å². The van der Waals surface area contributed by atoms with Crippen molar-refractivity contribution in [3.8, 4) is 5.75 Å². The summed E-state index contributed by atoms with van der Waals surface area (Å²) in [6, 6.07) is 5.68. The molecule has 1 rings (SSSR count). The van der Waals surface area contributed by atoms with E-state index in [9.17, 15) is 0 Å². The van der Waals surface area contributed by atoms with Crippen LogP contribution in [0.25, 0.3) is 0 Å². The monoisotopic (exact) mass is 209 g/mol. The van der Waals surface area contributed by atoms with E-state index in [1.54, 1.807) is 0 Å². The predicted molar refractivity (Wildman–Crippen MR) is 62.2 cm³/mol. The molecule has 0 aliphatic heterocycles. The maximum atomic E-state index is 5.76. The van der Waals surface area contributed by atoms with Crippen molar-refractivity contribution in [3.63, 3.8) is 0 Å². The van der Waals surface area contributed by atoms with Crippen LogP contribution < -0.4 is 10.5 Å². The summed E-state index contributed by atoms with van der Waals surface area (Å²) in [7, 11) is 0. The number of hydrogen-bond acceptors (Lipinski definition) is 3. The van der Waals surface area contributed by atoms with Crippen molar-refractivity contribution in [1.29, 1.82) is 0 Å². The molecular formula is C12H19NO2. The van der Waals surface area contributed by atoms with Crippen molar-refractivity contribution in [3.05, 3.63) is 23.8 Å². The van der Waals surface area contributed by atoms with Gasteiger partial charge in [0.15, 0.2) is 0 Å². The third kappa shape index (κ3) is 3.80. The highest BCUT2D eigenvalue weighted by Gasteiger charge is 2.01. The molecule has 0 saturated carbocycles. The van der Waals surface area contributed by atoms with Crippen molar-refractivity contribution in [2.45, 2.75) is 26.9 Å². The van der Waals surface area contributed by atoms with Crippen LogP contribution in [-0.2, 0) is 4.74 Å². The highest BCUT2D eigenvalue weighted by Crippen LogP contribution is 2.22. The molecule has 0 atom stereocenters. The van der Waals surface area contributed by atoms with Gasteiger partial charge in [0.25, 0.3) is 0 Å². The third-order valence-electron chi connectivity index (χ3n) is 2.12. The van der Waals surface area contributed by atoms with Gasteiger partial charge >= 0.3 is 0 Å². The largest absolute Gasteiger partial charge is 0.491 e. The molecule has 0 saturated heterocycles. The van der Waals surface area contributed by atoms with Gasteiger partial charge in [-0.15, -0.1) is 0 Å². The van der Waals surface area contributed by atoms with Crippen LogP contribution in [0.3, 0.4) is 0 Å². The van der Waals surface area contributed by atoms with Crippen LogP contribution in [0, 0.1) is 6.92 Å². The van der Waals surface area contributed by atoms with Gasteiger partial charge in [0.05, 0.1) is 12.7 Å². The molecule has 0 aromatic heterocycles. The van der Waals surface area contributed by atoms with Gasteiger partial charge in [0.1, 0.15) is 12.4 Å². The number of nitrogen functional groups attached to an aromatic ring is 1. The molecule has 2 N–H and O–H groups in total. The number of ether oxygens (including phenoxy) is 2. The van der Waals surface area contributed by atoms with Gasteiger partial charge in [-0.05, 0) is 32.9 Å². The van der Waals surface area contributed by atoms with E-state index < -0.39 is 0 Å². The second-order valence-corrected chi connectivity index (χ2v) is 3.74. The lowest BCUT2D eigenvalue weighted by atomic mass is 10.2. The van der Waals surface area contributed by atoms with E-state index in [4.69, 9.17) is 15.2 Å². The second kappa shape index (κ2) is 5.61. The van der Waals surface area contributed by atoms with E-state index in [-0.39, 0.29) is 6.10 Å². The minimum atomic E-state index is 0.246. The Morgan fingerprint density at radius 2 is 2.00 bits per heavy atom. The maximum absolute atomic E-state index is 5.76. The zero-order valence-corrected chi connectivity index (χ0v) is 9.62. The Balaban J connectivity index is 2.41. The Kier molecular flexibility index (Phi) is 4.43. The lowest BCUT2D eigenvalue weighted by Gasteiger charge is -2.11. The smallest absolute Gasteiger partial charge is 0.124 e. The minimum absolute atomic E-state index is 0.246. The standard InChI is InChI=1S/C12H19NO2/c1-9(2)14-7-8-15-12-6-4-5-11(13)10(12)3/h4-6,9H,7-8,13H2,1-3H3. The first-order chi connectivity index (χ1) is 7.11. The van der Waals surface area contributed by atoms with Gasteiger partial charge < -0.3 is 15.2 Å². The molecule has 1 aromatic rings. The van der Waals surface area contributed by atoms with E-state index >= 15 is 0 Å². The number of nitrogens with two attached hydrogens (primary N) is 1. The fraction of sp³-hybridized carbons (Fsp3) is 0.500. The van der Waals surface area contributed by atoms with Gasteiger partial charge in [0.2, 0.25) is 0 Å². The van der Waals surface area contributed by atoms with Crippen LogP contribution in [0.5, 0.6) is 5.75 Å². The van der Waals surface area contributed by atoms with Crippen LogP contribution in [0.1, 0.15) is 19.4 Å². The Morgan fingerprint density at radius 1 is 1.27 bits per heavy atom. The van der Waals surface area contributed by atoms with Crippen molar-refractivity contribution < 1.29 is 9.47 Å². The highest BCUT2D eigenvalue weighted by atomic mass is 16.5. The summed E-state index contributed by atoms with van der Waals surface area (Å²) in [6.07, 6.45) is 0.246. The van der Waals surface area contributed by atoms with E-state index in [1.165, 1.54) is 0 Å². The lowest BCUT2D eigenvalue weighted by Crippen LogP contribution is -2.11. The van der Waals surface area contributed by atoms with Gasteiger partial charge in [-0.1, -0.05) is 6.07 Å². The fourth-order valence-corrected chi connectivity index (χ4v) is 1.22. The summed E-state index contributed by atoms with van der Waals surface area (Å²) in [5.74, 6) is 0.836. The summed E-state index contributed by atoms with van der Waals surface area (Å²) in [4.78, 5) is 0. The average molecular weight is 209 g/mol. The molecule has 1 aromatic carbocycles. The Morgan fingerprint density at radius 3 is 2.67 bits per heavy atom. The molecule has 15 heavy (non-hydrogen) atoms. The van der Waals surface area contributed by atoms with Crippen LogP contribution in [0.2, 0.25) is 0 Å². The Labute approximate surface area is 91.2 Å². The fourth-order valence-electron chi connectivity index (χ4n) is 1.22. The molecule has 0 radical (unpaired) electrons. The quantitative estimate of drug-likeness (QED) is 0.598. The molecule has 3 nitrogen and oxygen atoms in total. The van der Waals surface area contributed by atoms with E-state index in [0.29, 0.717) is 13.2 Å². The second-order valence-electron chi connectivity index (χ2n) is 3.74. The summed E-state index contributed by atoms with van der Waals surface area (Å²) in [6.45, 7) is 7.12. The molecule has 0 heterocycles.